The monoisotopic (exact) mass is 367 g/mol. The maximum absolute atomic E-state index is 13.2. The summed E-state index contributed by atoms with van der Waals surface area (Å²) in [4.78, 5) is 28.6. The third-order valence-corrected chi connectivity index (χ3v) is 5.45. The fraction of sp³-hybridized carbons (Fsp3) is 0.333. The van der Waals surface area contributed by atoms with Crippen LogP contribution in [0.3, 0.4) is 0 Å². The number of aryl methyl sites for hydroxylation is 1. The number of nitrogens with one attached hydrogen (secondary N) is 1. The number of rotatable bonds is 2. The van der Waals surface area contributed by atoms with Crippen molar-refractivity contribution >= 4 is 23.3 Å². The van der Waals surface area contributed by atoms with Gasteiger partial charge in [-0.05, 0) is 55.3 Å². The molecule has 1 N–H and O–H groups in total. The molecule has 6 heteroatoms. The third-order valence-electron chi connectivity index (χ3n) is 5.45. The molecule has 27 heavy (non-hydrogen) atoms. The van der Waals surface area contributed by atoms with Crippen LogP contribution in [0.2, 0.25) is 0 Å². The van der Waals surface area contributed by atoms with Gasteiger partial charge in [-0.2, -0.15) is 0 Å². The molecule has 2 aromatic carbocycles. The Morgan fingerprint density at radius 1 is 1.15 bits per heavy atom. The molecule has 140 valence electrons. The molecule has 2 aliphatic heterocycles. The zero-order valence-electron chi connectivity index (χ0n) is 15.2. The first-order valence-corrected chi connectivity index (χ1v) is 9.13. The number of amides is 3. The molecule has 3 amide bonds. The van der Waals surface area contributed by atoms with Crippen LogP contribution in [0.1, 0.15) is 18.4 Å². The predicted molar refractivity (Wildman–Crippen MR) is 102 cm³/mol. The number of carbonyl (C=O) groups is 2. The van der Waals surface area contributed by atoms with Gasteiger partial charge in [0.1, 0.15) is 5.82 Å². The predicted octanol–water partition coefficient (Wildman–Crippen LogP) is 3.80. The maximum Gasteiger partial charge on any atom is 0.321 e. The minimum atomic E-state index is -0.319. The first-order valence-electron chi connectivity index (χ1n) is 9.13. The van der Waals surface area contributed by atoms with Crippen LogP contribution in [0.5, 0.6) is 0 Å². The number of benzene rings is 2. The summed E-state index contributed by atoms with van der Waals surface area (Å²) >= 11 is 0. The van der Waals surface area contributed by atoms with Crippen molar-refractivity contribution in [1.82, 2.24) is 4.90 Å². The Morgan fingerprint density at radius 2 is 1.93 bits per heavy atom. The summed E-state index contributed by atoms with van der Waals surface area (Å²) in [6, 6.07) is 13.5. The lowest BCUT2D eigenvalue weighted by Crippen LogP contribution is -2.36. The van der Waals surface area contributed by atoms with E-state index in [0.29, 0.717) is 31.7 Å². The molecule has 5 nitrogen and oxygen atoms in total. The number of urea groups is 1. The highest BCUT2D eigenvalue weighted by Crippen LogP contribution is 2.42. The smallest absolute Gasteiger partial charge is 0.321 e. The number of halogens is 1. The molecule has 0 radical (unpaired) electrons. The van der Waals surface area contributed by atoms with Crippen LogP contribution in [-0.2, 0) is 4.79 Å². The lowest BCUT2D eigenvalue weighted by Gasteiger charge is -2.24. The third kappa shape index (κ3) is 3.52. The molecule has 2 aromatic rings. The van der Waals surface area contributed by atoms with Crippen LogP contribution in [0.15, 0.2) is 48.5 Å². The molecule has 2 saturated heterocycles. The minimum absolute atomic E-state index is 0.0301. The van der Waals surface area contributed by atoms with Gasteiger partial charge in [0.15, 0.2) is 0 Å². The number of hydrogen-bond acceptors (Lipinski definition) is 2. The fourth-order valence-electron chi connectivity index (χ4n) is 4.06. The fourth-order valence-corrected chi connectivity index (χ4v) is 4.06. The summed E-state index contributed by atoms with van der Waals surface area (Å²) < 4.78 is 13.2. The number of hydrogen-bond donors (Lipinski definition) is 1. The molecule has 2 fully saturated rings. The van der Waals surface area contributed by atoms with Crippen molar-refractivity contribution in [3.8, 4) is 0 Å². The average Bonchev–Trinajstić information content (AvgIpc) is 3.19. The van der Waals surface area contributed by atoms with E-state index in [2.05, 4.69) is 5.32 Å². The van der Waals surface area contributed by atoms with Crippen LogP contribution >= 0.6 is 0 Å². The molecule has 1 spiro atoms. The number of nitrogens with zero attached hydrogens (tertiary/aromatic N) is 2. The van der Waals surface area contributed by atoms with Gasteiger partial charge in [-0.3, -0.25) is 4.79 Å². The van der Waals surface area contributed by atoms with Crippen molar-refractivity contribution in [3.05, 3.63) is 59.9 Å². The maximum atomic E-state index is 13.2. The summed E-state index contributed by atoms with van der Waals surface area (Å²) in [6.07, 6.45) is 1.20. The normalized spacial score (nSPS) is 21.9. The lowest BCUT2D eigenvalue weighted by atomic mass is 9.86. The molecular weight excluding hydrogens is 345 g/mol. The summed E-state index contributed by atoms with van der Waals surface area (Å²) in [5, 5.41) is 2.94. The molecule has 1 unspecified atom stereocenters. The van der Waals surface area contributed by atoms with Crippen molar-refractivity contribution in [3.63, 3.8) is 0 Å². The van der Waals surface area contributed by atoms with E-state index in [1.165, 1.54) is 12.1 Å². The molecule has 2 heterocycles. The van der Waals surface area contributed by atoms with E-state index < -0.39 is 0 Å². The number of anilines is 2. The van der Waals surface area contributed by atoms with E-state index in [1.54, 1.807) is 21.9 Å². The van der Waals surface area contributed by atoms with Crippen LogP contribution in [0, 0.1) is 18.2 Å². The van der Waals surface area contributed by atoms with Gasteiger partial charge in [0, 0.05) is 42.8 Å². The van der Waals surface area contributed by atoms with Gasteiger partial charge in [-0.15, -0.1) is 0 Å². The van der Waals surface area contributed by atoms with Gasteiger partial charge in [-0.1, -0.05) is 12.1 Å². The van der Waals surface area contributed by atoms with Gasteiger partial charge in [0.25, 0.3) is 0 Å². The second-order valence-electron chi connectivity index (χ2n) is 7.60. The van der Waals surface area contributed by atoms with Crippen molar-refractivity contribution in [1.29, 1.82) is 0 Å². The Hall–Kier alpha value is -2.89. The molecule has 2 aliphatic rings. The van der Waals surface area contributed by atoms with Gasteiger partial charge < -0.3 is 15.1 Å². The first kappa shape index (κ1) is 17.5. The molecule has 0 aliphatic carbocycles. The average molecular weight is 367 g/mol. The Balaban J connectivity index is 1.43. The topological polar surface area (TPSA) is 52.7 Å². The molecular formula is C21H22FN3O2. The van der Waals surface area contributed by atoms with Crippen molar-refractivity contribution in [2.45, 2.75) is 19.8 Å². The highest BCUT2D eigenvalue weighted by atomic mass is 19.1. The molecule has 0 aromatic heterocycles. The Bertz CT molecular complexity index is 883. The van der Waals surface area contributed by atoms with Crippen LogP contribution in [-0.4, -0.2) is 36.5 Å². The minimum Gasteiger partial charge on any atom is -0.324 e. The molecule has 1 atom stereocenters. The van der Waals surface area contributed by atoms with Crippen molar-refractivity contribution in [2.24, 2.45) is 5.41 Å². The van der Waals surface area contributed by atoms with E-state index in [-0.39, 0.29) is 23.2 Å². The number of likely N-dealkylation sites (tertiary alicyclic amines) is 1. The summed E-state index contributed by atoms with van der Waals surface area (Å²) in [6.45, 7) is 3.72. The first-order chi connectivity index (χ1) is 12.9. The Kier molecular flexibility index (Phi) is 4.34. The van der Waals surface area contributed by atoms with Crippen LogP contribution < -0.4 is 10.2 Å². The van der Waals surface area contributed by atoms with Crippen molar-refractivity contribution < 1.29 is 14.0 Å². The zero-order valence-corrected chi connectivity index (χ0v) is 15.2. The van der Waals surface area contributed by atoms with Crippen LogP contribution in [0.4, 0.5) is 20.6 Å². The van der Waals surface area contributed by atoms with Crippen LogP contribution in [0.25, 0.3) is 0 Å². The molecule has 0 bridgehead atoms. The lowest BCUT2D eigenvalue weighted by molar-refractivity contribution is -0.117. The van der Waals surface area contributed by atoms with E-state index in [9.17, 15) is 14.0 Å². The molecule has 0 saturated carbocycles. The van der Waals surface area contributed by atoms with Gasteiger partial charge in [-0.25, -0.2) is 9.18 Å². The molecule has 4 rings (SSSR count). The highest BCUT2D eigenvalue weighted by Gasteiger charge is 2.48. The summed E-state index contributed by atoms with van der Waals surface area (Å²) in [7, 11) is 0. The van der Waals surface area contributed by atoms with E-state index in [4.69, 9.17) is 0 Å². The summed E-state index contributed by atoms with van der Waals surface area (Å²) in [5.41, 5.74) is 2.34. The van der Waals surface area contributed by atoms with Gasteiger partial charge >= 0.3 is 6.03 Å². The quantitative estimate of drug-likeness (QED) is 0.878. The standard InChI is InChI=1S/C21H22FN3O2/c1-15-3-2-4-17(11-15)23-20(27)24-10-9-21(13-24)12-19(26)25(14-21)18-7-5-16(22)6-8-18/h2-8,11H,9-10,12-14H2,1H3,(H,23,27). The van der Waals surface area contributed by atoms with Gasteiger partial charge in [0.05, 0.1) is 0 Å². The SMILES string of the molecule is Cc1cccc(NC(=O)N2CCC3(CC(=O)N(c4ccc(F)cc4)C3)C2)c1. The summed E-state index contributed by atoms with van der Waals surface area (Å²) in [5.74, 6) is -0.289. The van der Waals surface area contributed by atoms with E-state index in [1.807, 2.05) is 31.2 Å². The number of carbonyl (C=O) groups excluding carboxylic acids is 2. The second kappa shape index (κ2) is 6.68. The largest absolute Gasteiger partial charge is 0.324 e. The van der Waals surface area contributed by atoms with E-state index in [0.717, 1.165) is 17.7 Å². The van der Waals surface area contributed by atoms with E-state index >= 15 is 0 Å². The second-order valence-corrected chi connectivity index (χ2v) is 7.60. The Morgan fingerprint density at radius 3 is 2.67 bits per heavy atom. The zero-order chi connectivity index (χ0) is 19.0. The van der Waals surface area contributed by atoms with Gasteiger partial charge in [0.2, 0.25) is 5.91 Å². The van der Waals surface area contributed by atoms with Crippen molar-refractivity contribution in [2.75, 3.05) is 29.9 Å². The highest BCUT2D eigenvalue weighted by molar-refractivity contribution is 5.97. The Labute approximate surface area is 157 Å².